The van der Waals surface area contributed by atoms with Gasteiger partial charge in [-0.1, -0.05) is 0 Å². The second-order valence-electron chi connectivity index (χ2n) is 3.91. The van der Waals surface area contributed by atoms with Gasteiger partial charge in [-0.3, -0.25) is 0 Å². The van der Waals surface area contributed by atoms with Crippen molar-refractivity contribution < 1.29 is 29.5 Å². The average Bonchev–Trinajstić information content (AvgIpc) is 2.99. The molecule has 0 N–H and O–H groups in total. The molecule has 0 amide bonds. The normalized spacial score (nSPS) is 14.9. The van der Waals surface area contributed by atoms with Crippen molar-refractivity contribution in [1.29, 1.82) is 0 Å². The number of nitro benzene ring substituents is 1. The van der Waals surface area contributed by atoms with Crippen LogP contribution in [-0.2, 0) is 24.6 Å². The molecule has 1 aromatic rings. The van der Waals surface area contributed by atoms with Gasteiger partial charge in [-0.25, -0.2) is 0 Å². The fraction of sp³-hybridized carbons (Fsp3) is 0.400. The van der Waals surface area contributed by atoms with Crippen LogP contribution in [0, 0.1) is 16.0 Å². The standard InChI is InChI=1S/C6H4NO2.C4H7.Hg/c8-7(9)6-4-2-1-3-5-6;1-4-2-3-4;/h2-5H;4H,1-3H2;. The van der Waals surface area contributed by atoms with Gasteiger partial charge >= 0.3 is 95.3 Å². The molecule has 1 fully saturated rings. The maximum absolute atomic E-state index is 10.4. The van der Waals surface area contributed by atoms with E-state index in [2.05, 4.69) is 0 Å². The first-order valence-electron chi connectivity index (χ1n) is 4.99. The molecule has 1 aliphatic rings. The quantitative estimate of drug-likeness (QED) is 0.458. The van der Waals surface area contributed by atoms with E-state index in [9.17, 15) is 10.1 Å². The molecular formula is C10H11HgNO2. The summed E-state index contributed by atoms with van der Waals surface area (Å²) in [6.45, 7) is 0. The average molecular weight is 378 g/mol. The maximum atomic E-state index is 10.4. The van der Waals surface area contributed by atoms with Gasteiger partial charge in [0.1, 0.15) is 0 Å². The zero-order chi connectivity index (χ0) is 9.97. The number of nitrogens with zero attached hydrogens (tertiary/aromatic N) is 1. The first-order chi connectivity index (χ1) is 6.75. The Hall–Kier alpha value is -0.445. The van der Waals surface area contributed by atoms with Crippen LogP contribution in [0.15, 0.2) is 24.3 Å². The van der Waals surface area contributed by atoms with Crippen molar-refractivity contribution in [3.8, 4) is 0 Å². The Kier molecular flexibility index (Phi) is 3.16. The van der Waals surface area contributed by atoms with Crippen molar-refractivity contribution >= 4 is 8.76 Å². The van der Waals surface area contributed by atoms with Crippen LogP contribution in [0.5, 0.6) is 0 Å². The molecule has 4 heteroatoms. The van der Waals surface area contributed by atoms with E-state index in [1.165, 1.54) is 19.8 Å². The van der Waals surface area contributed by atoms with E-state index in [1.807, 2.05) is 12.1 Å². The zero-order valence-electron chi connectivity index (χ0n) is 7.98. The summed E-state index contributed by atoms with van der Waals surface area (Å²) in [4.78, 5) is 10.1. The Labute approximate surface area is 95.1 Å². The first-order valence-corrected chi connectivity index (χ1v) is 11.6. The fourth-order valence-corrected chi connectivity index (χ4v) is 8.90. The van der Waals surface area contributed by atoms with Crippen LogP contribution in [0.1, 0.15) is 12.8 Å². The van der Waals surface area contributed by atoms with E-state index in [-0.39, 0.29) is 10.6 Å². The fourth-order valence-electron chi connectivity index (χ4n) is 1.56. The molecule has 0 atom stereocenters. The molecule has 0 unspecified atom stereocenters. The molecule has 70 valence electrons. The molecule has 0 saturated heterocycles. The molecule has 0 bridgehead atoms. The summed E-state index contributed by atoms with van der Waals surface area (Å²) < 4.78 is 2.89. The molecule has 0 aliphatic heterocycles. The Morgan fingerprint density at radius 2 is 2.00 bits per heavy atom. The molecule has 3 nitrogen and oxygen atoms in total. The van der Waals surface area contributed by atoms with Gasteiger partial charge < -0.3 is 0 Å². The number of non-ortho nitro benzene ring substituents is 1. The number of nitro groups is 1. The Balaban J connectivity index is 1.94. The molecule has 14 heavy (non-hydrogen) atoms. The monoisotopic (exact) mass is 379 g/mol. The second kappa shape index (κ2) is 4.38. The summed E-state index contributed by atoms with van der Waals surface area (Å²) in [5, 5.41) is 10.4. The Bertz CT molecular complexity index is 332. The van der Waals surface area contributed by atoms with E-state index in [4.69, 9.17) is 0 Å². The molecular weight excluding hydrogens is 367 g/mol. The van der Waals surface area contributed by atoms with Crippen LogP contribution in [0.3, 0.4) is 0 Å². The van der Waals surface area contributed by atoms with Crippen LogP contribution >= 0.6 is 0 Å². The van der Waals surface area contributed by atoms with Crippen molar-refractivity contribution in [3.05, 3.63) is 34.4 Å². The van der Waals surface area contributed by atoms with Crippen LogP contribution in [-0.4, -0.2) is 4.92 Å². The van der Waals surface area contributed by atoms with Crippen LogP contribution in [0.25, 0.3) is 0 Å². The van der Waals surface area contributed by atoms with Crippen LogP contribution < -0.4 is 3.07 Å². The van der Waals surface area contributed by atoms with E-state index in [0.29, 0.717) is 0 Å². The van der Waals surface area contributed by atoms with Gasteiger partial charge in [-0.2, -0.15) is 0 Å². The van der Waals surface area contributed by atoms with Gasteiger partial charge in [0.05, 0.1) is 0 Å². The number of rotatable bonds is 4. The summed E-state index contributed by atoms with van der Waals surface area (Å²) >= 11 is -0.890. The molecule has 1 aliphatic carbocycles. The summed E-state index contributed by atoms with van der Waals surface area (Å²) in [5.41, 5.74) is 0.216. The Morgan fingerprint density at radius 1 is 1.36 bits per heavy atom. The number of hydrogen-bond acceptors (Lipinski definition) is 2. The number of hydrogen-bond donors (Lipinski definition) is 0. The molecule has 0 radical (unpaired) electrons. The predicted molar refractivity (Wildman–Crippen MR) is 50.3 cm³/mol. The van der Waals surface area contributed by atoms with Gasteiger partial charge in [0.2, 0.25) is 0 Å². The van der Waals surface area contributed by atoms with Gasteiger partial charge in [-0.05, 0) is 0 Å². The summed E-state index contributed by atoms with van der Waals surface area (Å²) in [6.07, 6.45) is 2.85. The van der Waals surface area contributed by atoms with Crippen molar-refractivity contribution in [3.63, 3.8) is 0 Å². The predicted octanol–water partition coefficient (Wildman–Crippen LogP) is 2.13. The Morgan fingerprint density at radius 3 is 2.50 bits per heavy atom. The zero-order valence-corrected chi connectivity index (χ0v) is 13.5. The SMILES string of the molecule is O=[N+]([O-])c1cc[c]([Hg][CH2]C2CC2)cc1. The second-order valence-corrected chi connectivity index (χ2v) is 11.3. The third-order valence-corrected chi connectivity index (χ3v) is 11.1. The van der Waals surface area contributed by atoms with Crippen molar-refractivity contribution in [2.45, 2.75) is 16.8 Å². The molecule has 2 rings (SSSR count). The van der Waals surface area contributed by atoms with Gasteiger partial charge in [0.25, 0.3) is 0 Å². The topological polar surface area (TPSA) is 43.1 Å². The van der Waals surface area contributed by atoms with Gasteiger partial charge in [-0.15, -0.1) is 0 Å². The van der Waals surface area contributed by atoms with Crippen molar-refractivity contribution in [2.24, 2.45) is 5.92 Å². The summed E-state index contributed by atoms with van der Waals surface area (Å²) in [5.74, 6) is 1.02. The minimum atomic E-state index is -0.890. The molecule has 0 spiro atoms. The van der Waals surface area contributed by atoms with Crippen molar-refractivity contribution in [1.82, 2.24) is 0 Å². The molecule has 1 aromatic carbocycles. The van der Waals surface area contributed by atoms with E-state index < -0.39 is 24.6 Å². The molecule has 0 aromatic heterocycles. The van der Waals surface area contributed by atoms with E-state index in [0.717, 1.165) is 5.92 Å². The van der Waals surface area contributed by atoms with Crippen LogP contribution in [0.4, 0.5) is 5.69 Å². The minimum absolute atomic E-state index is 0.216. The van der Waals surface area contributed by atoms with Gasteiger partial charge in [0, 0.05) is 0 Å². The van der Waals surface area contributed by atoms with Crippen molar-refractivity contribution in [2.75, 3.05) is 0 Å². The first kappa shape index (κ1) is 10.1. The molecule has 1 saturated carbocycles. The third kappa shape index (κ3) is 2.77. The summed E-state index contributed by atoms with van der Waals surface area (Å²) in [7, 11) is 0. The summed E-state index contributed by atoms with van der Waals surface area (Å²) in [6, 6.07) is 7.20. The van der Waals surface area contributed by atoms with E-state index >= 15 is 0 Å². The van der Waals surface area contributed by atoms with E-state index in [1.54, 1.807) is 12.1 Å². The third-order valence-electron chi connectivity index (χ3n) is 2.69. The van der Waals surface area contributed by atoms with Gasteiger partial charge in [0.15, 0.2) is 0 Å². The molecule has 0 heterocycles. The number of benzene rings is 1. The van der Waals surface area contributed by atoms with Crippen LogP contribution in [0.2, 0.25) is 3.93 Å².